The molecule has 0 radical (unpaired) electrons. The van der Waals surface area contributed by atoms with E-state index in [4.69, 9.17) is 11.6 Å². The standard InChI is InChI=1S/C20H18ClNSSi/c21-17-11-13-19(14-12-17)24(18-9-5-2-6-10-18)22-15-20(23-24)16-7-3-1-4-8-16/h1-14,20,22H,15H2. The number of hydrogen-bond acceptors (Lipinski definition) is 2. The Balaban J connectivity index is 1.77. The smallest absolute Gasteiger partial charge is 0.253 e. The van der Waals surface area contributed by atoms with Gasteiger partial charge in [-0.15, -0.1) is 11.2 Å². The molecule has 1 aliphatic heterocycles. The summed E-state index contributed by atoms with van der Waals surface area (Å²) in [5.74, 6) is 0. The van der Waals surface area contributed by atoms with Crippen LogP contribution in [0.25, 0.3) is 0 Å². The number of halogens is 1. The average molecular weight is 368 g/mol. The minimum atomic E-state index is -2.05. The highest BCUT2D eigenvalue weighted by Gasteiger charge is 2.46. The molecule has 0 bridgehead atoms. The number of nitrogens with one attached hydrogen (secondary N) is 1. The molecule has 3 aromatic carbocycles. The van der Waals surface area contributed by atoms with Crippen molar-refractivity contribution in [2.24, 2.45) is 0 Å². The molecule has 120 valence electrons. The van der Waals surface area contributed by atoms with E-state index in [1.807, 2.05) is 12.1 Å². The van der Waals surface area contributed by atoms with Crippen molar-refractivity contribution in [3.63, 3.8) is 0 Å². The highest BCUT2D eigenvalue weighted by molar-refractivity contribution is 8.32. The highest BCUT2D eigenvalue weighted by atomic mass is 35.5. The first-order valence-corrected chi connectivity index (χ1v) is 12.1. The SMILES string of the molecule is Clc1ccc([Si]2(c3ccccc3)NCC(c3ccccc3)S2)cc1. The van der Waals surface area contributed by atoms with Crippen LogP contribution < -0.4 is 15.4 Å². The molecular weight excluding hydrogens is 350 g/mol. The molecule has 1 saturated heterocycles. The van der Waals surface area contributed by atoms with E-state index in [0.29, 0.717) is 5.25 Å². The van der Waals surface area contributed by atoms with Gasteiger partial charge in [0.2, 0.25) is 0 Å². The molecule has 1 aliphatic rings. The molecule has 4 heteroatoms. The van der Waals surface area contributed by atoms with Gasteiger partial charge >= 0.3 is 0 Å². The Labute approximate surface area is 152 Å². The lowest BCUT2D eigenvalue weighted by Crippen LogP contribution is -2.63. The van der Waals surface area contributed by atoms with Crippen LogP contribution in [0.5, 0.6) is 0 Å². The van der Waals surface area contributed by atoms with E-state index in [0.717, 1.165) is 11.6 Å². The van der Waals surface area contributed by atoms with Gasteiger partial charge in [-0.25, -0.2) is 0 Å². The third-order valence-corrected chi connectivity index (χ3v) is 12.5. The zero-order valence-corrected chi connectivity index (χ0v) is 15.7. The predicted molar refractivity (Wildman–Crippen MR) is 108 cm³/mol. The van der Waals surface area contributed by atoms with E-state index in [-0.39, 0.29) is 0 Å². The van der Waals surface area contributed by atoms with Crippen LogP contribution in [-0.4, -0.2) is 13.9 Å². The van der Waals surface area contributed by atoms with Gasteiger partial charge in [0.25, 0.3) is 7.38 Å². The summed E-state index contributed by atoms with van der Waals surface area (Å²) in [5, 5.41) is 4.06. The van der Waals surface area contributed by atoms with Crippen LogP contribution in [0.3, 0.4) is 0 Å². The van der Waals surface area contributed by atoms with E-state index in [9.17, 15) is 0 Å². The fourth-order valence-electron chi connectivity index (χ4n) is 3.25. The van der Waals surface area contributed by atoms with Gasteiger partial charge in [-0.2, -0.15) is 0 Å². The number of hydrogen-bond donors (Lipinski definition) is 1. The lowest BCUT2D eigenvalue weighted by atomic mass is 10.1. The molecular formula is C20H18ClNSSi. The van der Waals surface area contributed by atoms with Crippen molar-refractivity contribution in [1.82, 2.24) is 4.98 Å². The molecule has 1 heterocycles. The fourth-order valence-corrected chi connectivity index (χ4v) is 11.4. The summed E-state index contributed by atoms with van der Waals surface area (Å²) >= 11 is 8.23. The maximum absolute atomic E-state index is 6.12. The minimum absolute atomic E-state index is 0.480. The average Bonchev–Trinajstić information content (AvgIpc) is 3.10. The van der Waals surface area contributed by atoms with Crippen molar-refractivity contribution in [2.75, 3.05) is 6.54 Å². The summed E-state index contributed by atoms with van der Waals surface area (Å²) < 4.78 is 0. The van der Waals surface area contributed by atoms with Gasteiger partial charge in [0, 0.05) is 16.8 Å². The first-order valence-electron chi connectivity index (χ1n) is 8.07. The third-order valence-electron chi connectivity index (χ3n) is 4.46. The summed E-state index contributed by atoms with van der Waals surface area (Å²) in [5.41, 5.74) is 1.40. The molecule has 1 nitrogen and oxygen atoms in total. The van der Waals surface area contributed by atoms with Crippen molar-refractivity contribution in [2.45, 2.75) is 5.25 Å². The molecule has 0 aliphatic carbocycles. The van der Waals surface area contributed by atoms with Crippen LogP contribution in [-0.2, 0) is 0 Å². The summed E-state index contributed by atoms with van der Waals surface area (Å²) in [6.45, 7) is 0.998. The van der Waals surface area contributed by atoms with E-state index in [1.54, 1.807) is 0 Å². The van der Waals surface area contributed by atoms with Gasteiger partial charge in [0.05, 0.1) is 0 Å². The molecule has 0 amide bonds. The Morgan fingerprint density at radius 1 is 0.792 bits per heavy atom. The number of rotatable bonds is 3. The highest BCUT2D eigenvalue weighted by Crippen LogP contribution is 2.39. The molecule has 1 fully saturated rings. The van der Waals surface area contributed by atoms with Crippen LogP contribution in [0.15, 0.2) is 84.9 Å². The van der Waals surface area contributed by atoms with Crippen molar-refractivity contribution in [1.29, 1.82) is 0 Å². The molecule has 3 aromatic rings. The molecule has 2 unspecified atom stereocenters. The summed E-state index contributed by atoms with van der Waals surface area (Å²) in [4.78, 5) is 3.93. The van der Waals surface area contributed by atoms with Gasteiger partial charge in [-0.3, -0.25) is 0 Å². The zero-order chi connectivity index (χ0) is 16.4. The molecule has 24 heavy (non-hydrogen) atoms. The molecule has 4 rings (SSSR count). The van der Waals surface area contributed by atoms with Crippen molar-refractivity contribution in [3.05, 3.63) is 95.5 Å². The van der Waals surface area contributed by atoms with Gasteiger partial charge in [0.15, 0.2) is 0 Å². The largest absolute Gasteiger partial charge is 0.321 e. The first kappa shape index (κ1) is 16.0. The van der Waals surface area contributed by atoms with E-state index < -0.39 is 7.38 Å². The Hall–Kier alpha value is -1.52. The van der Waals surface area contributed by atoms with Gasteiger partial charge < -0.3 is 4.98 Å². The Morgan fingerprint density at radius 3 is 2.04 bits per heavy atom. The van der Waals surface area contributed by atoms with Crippen molar-refractivity contribution < 1.29 is 0 Å². The first-order chi connectivity index (χ1) is 11.8. The van der Waals surface area contributed by atoms with Crippen LogP contribution in [0, 0.1) is 0 Å². The second-order valence-electron chi connectivity index (χ2n) is 5.95. The lowest BCUT2D eigenvalue weighted by molar-refractivity contribution is 0.888. The quantitative estimate of drug-likeness (QED) is 0.703. The Morgan fingerprint density at radius 2 is 1.38 bits per heavy atom. The second kappa shape index (κ2) is 6.77. The topological polar surface area (TPSA) is 12.0 Å². The van der Waals surface area contributed by atoms with Crippen LogP contribution in [0.4, 0.5) is 0 Å². The maximum Gasteiger partial charge on any atom is 0.253 e. The molecule has 2 atom stereocenters. The van der Waals surface area contributed by atoms with Crippen LogP contribution in [0.2, 0.25) is 5.02 Å². The van der Waals surface area contributed by atoms with Gasteiger partial charge in [-0.1, -0.05) is 84.4 Å². The van der Waals surface area contributed by atoms with E-state index >= 15 is 0 Å². The molecule has 0 saturated carbocycles. The molecule has 1 N–H and O–H groups in total. The van der Waals surface area contributed by atoms with Crippen molar-refractivity contribution in [3.8, 4) is 0 Å². The van der Waals surface area contributed by atoms with Crippen molar-refractivity contribution >= 4 is 40.6 Å². The predicted octanol–water partition coefficient (Wildman–Crippen LogP) is 3.97. The summed E-state index contributed by atoms with van der Waals surface area (Å²) in [6.07, 6.45) is 0. The summed E-state index contributed by atoms with van der Waals surface area (Å²) in [6, 6.07) is 30.1. The third kappa shape index (κ3) is 2.93. The Kier molecular flexibility index (Phi) is 4.50. The summed E-state index contributed by atoms with van der Waals surface area (Å²) in [7, 11) is -2.05. The maximum atomic E-state index is 6.12. The fraction of sp³-hybridized carbons (Fsp3) is 0.100. The van der Waals surface area contributed by atoms with Crippen LogP contribution >= 0.6 is 22.8 Å². The minimum Gasteiger partial charge on any atom is -0.321 e. The van der Waals surface area contributed by atoms with E-state index in [1.165, 1.54) is 15.9 Å². The molecule has 0 aromatic heterocycles. The number of benzene rings is 3. The zero-order valence-electron chi connectivity index (χ0n) is 13.2. The van der Waals surface area contributed by atoms with E-state index in [2.05, 4.69) is 89.0 Å². The van der Waals surface area contributed by atoms with Gasteiger partial charge in [0.1, 0.15) is 0 Å². The lowest BCUT2D eigenvalue weighted by Gasteiger charge is -2.27. The monoisotopic (exact) mass is 367 g/mol. The van der Waals surface area contributed by atoms with Gasteiger partial charge in [-0.05, 0) is 28.1 Å². The molecule has 0 spiro atoms. The second-order valence-corrected chi connectivity index (χ2v) is 12.6. The Bertz CT molecular complexity index is 810. The van der Waals surface area contributed by atoms with Crippen LogP contribution in [0.1, 0.15) is 10.8 Å². The normalized spacial score (nSPS) is 23.3.